The van der Waals surface area contributed by atoms with Gasteiger partial charge in [0.1, 0.15) is 11.1 Å². The average Bonchev–Trinajstić information content (AvgIpc) is 3.07. The van der Waals surface area contributed by atoms with Crippen LogP contribution in [-0.2, 0) is 11.3 Å². The van der Waals surface area contributed by atoms with Gasteiger partial charge in [-0.2, -0.15) is 0 Å². The summed E-state index contributed by atoms with van der Waals surface area (Å²) in [5, 5.41) is 11.7. The van der Waals surface area contributed by atoms with Gasteiger partial charge in [0.2, 0.25) is 11.1 Å². The molecule has 7 heteroatoms. The van der Waals surface area contributed by atoms with Crippen molar-refractivity contribution in [1.29, 1.82) is 0 Å². The van der Waals surface area contributed by atoms with Crippen LogP contribution < -0.4 is 10.7 Å². The number of nitrogens with zero attached hydrogens (tertiary/aromatic N) is 3. The Kier molecular flexibility index (Phi) is 4.85. The minimum atomic E-state index is -0.339. The number of hydrogen-bond donors (Lipinski definition) is 2. The highest BCUT2D eigenvalue weighted by molar-refractivity contribution is 8.00. The van der Waals surface area contributed by atoms with E-state index in [-0.39, 0.29) is 17.2 Å². The van der Waals surface area contributed by atoms with Gasteiger partial charge in [-0.1, -0.05) is 71.9 Å². The predicted octanol–water partition coefficient (Wildman–Crippen LogP) is 2.97. The molecule has 1 aliphatic heterocycles. The maximum atomic E-state index is 13.0. The minimum Gasteiger partial charge on any atom is -0.351 e. The largest absolute Gasteiger partial charge is 0.351 e. The fraction of sp³-hybridized carbons (Fsp3) is 0.250. The zero-order chi connectivity index (χ0) is 18.8. The lowest BCUT2D eigenvalue weighted by Crippen LogP contribution is -2.44. The van der Waals surface area contributed by atoms with Crippen molar-refractivity contribution in [1.82, 2.24) is 20.2 Å². The van der Waals surface area contributed by atoms with Gasteiger partial charge in [-0.15, -0.1) is 10.2 Å². The van der Waals surface area contributed by atoms with Crippen molar-refractivity contribution < 1.29 is 4.79 Å². The summed E-state index contributed by atoms with van der Waals surface area (Å²) in [6, 6.07) is 18.0. The molecular weight excluding hydrogens is 358 g/mol. The van der Waals surface area contributed by atoms with E-state index in [4.69, 9.17) is 0 Å². The van der Waals surface area contributed by atoms with Crippen LogP contribution in [0.4, 0.5) is 0 Å². The molecule has 2 atom stereocenters. The summed E-state index contributed by atoms with van der Waals surface area (Å²) < 4.78 is 1.85. The van der Waals surface area contributed by atoms with E-state index in [9.17, 15) is 4.79 Å². The Morgan fingerprint density at radius 3 is 2.59 bits per heavy atom. The van der Waals surface area contributed by atoms with Crippen molar-refractivity contribution in [2.75, 3.05) is 5.43 Å². The number of rotatable bonds is 4. The van der Waals surface area contributed by atoms with Crippen LogP contribution in [0.1, 0.15) is 28.6 Å². The third-order valence-corrected chi connectivity index (χ3v) is 5.82. The molecular formula is C20H21N5OS. The lowest BCUT2D eigenvalue weighted by atomic mass is 10.0. The number of fused-ring (bicyclic) bond motifs is 1. The van der Waals surface area contributed by atoms with Gasteiger partial charge in [0.25, 0.3) is 0 Å². The first kappa shape index (κ1) is 17.6. The Morgan fingerprint density at radius 2 is 1.85 bits per heavy atom. The number of aromatic nitrogens is 3. The Morgan fingerprint density at radius 1 is 1.11 bits per heavy atom. The van der Waals surface area contributed by atoms with E-state index in [1.54, 1.807) is 0 Å². The molecule has 1 amide bonds. The van der Waals surface area contributed by atoms with E-state index in [0.29, 0.717) is 11.7 Å². The van der Waals surface area contributed by atoms with Gasteiger partial charge in [0, 0.05) is 6.54 Å². The third kappa shape index (κ3) is 3.68. The maximum Gasteiger partial charge on any atom is 0.236 e. The number of aryl methyl sites for hydroxylation is 2. The molecule has 0 saturated carbocycles. The van der Waals surface area contributed by atoms with E-state index >= 15 is 0 Å². The molecule has 3 aromatic rings. The second-order valence-electron chi connectivity index (χ2n) is 6.62. The van der Waals surface area contributed by atoms with Crippen LogP contribution in [0.3, 0.4) is 0 Å². The van der Waals surface area contributed by atoms with Gasteiger partial charge >= 0.3 is 0 Å². The minimum absolute atomic E-state index is 0.0196. The highest BCUT2D eigenvalue weighted by Crippen LogP contribution is 2.36. The number of hydrogen-bond acceptors (Lipinski definition) is 5. The molecule has 6 nitrogen and oxygen atoms in total. The van der Waals surface area contributed by atoms with Gasteiger partial charge in [0.15, 0.2) is 0 Å². The SMILES string of the molecule is Cc1ccc(CNC(=O)[C@H]2Sc3nnc(C)n3N[C@@H]2c2ccccc2)cc1. The number of benzene rings is 2. The van der Waals surface area contributed by atoms with Crippen LogP contribution in [0, 0.1) is 13.8 Å². The number of amides is 1. The van der Waals surface area contributed by atoms with Gasteiger partial charge in [-0.3, -0.25) is 4.79 Å². The van der Waals surface area contributed by atoms with Crippen molar-refractivity contribution in [3.05, 3.63) is 77.1 Å². The van der Waals surface area contributed by atoms with E-state index in [0.717, 1.165) is 17.0 Å². The highest BCUT2D eigenvalue weighted by atomic mass is 32.2. The van der Waals surface area contributed by atoms with E-state index in [2.05, 4.69) is 40.0 Å². The van der Waals surface area contributed by atoms with Gasteiger partial charge < -0.3 is 10.7 Å². The fourth-order valence-electron chi connectivity index (χ4n) is 3.07. The topological polar surface area (TPSA) is 71.8 Å². The molecule has 0 spiro atoms. The molecule has 0 radical (unpaired) electrons. The number of thioether (sulfide) groups is 1. The molecule has 2 aromatic carbocycles. The molecule has 0 bridgehead atoms. The number of carbonyl (C=O) groups excluding carboxylic acids is 1. The normalized spacial score (nSPS) is 18.4. The first-order valence-corrected chi connectivity index (χ1v) is 9.73. The summed E-state index contributed by atoms with van der Waals surface area (Å²) in [6.45, 7) is 4.45. The molecule has 1 aliphatic rings. The third-order valence-electron chi connectivity index (χ3n) is 4.60. The Hall–Kier alpha value is -2.80. The van der Waals surface area contributed by atoms with Crippen LogP contribution >= 0.6 is 11.8 Å². The lowest BCUT2D eigenvalue weighted by molar-refractivity contribution is -0.121. The monoisotopic (exact) mass is 379 g/mol. The Labute approximate surface area is 162 Å². The molecule has 1 aromatic heterocycles. The molecule has 2 N–H and O–H groups in total. The smallest absolute Gasteiger partial charge is 0.236 e. The van der Waals surface area contributed by atoms with Gasteiger partial charge in [-0.25, -0.2) is 4.68 Å². The van der Waals surface area contributed by atoms with Gasteiger partial charge in [-0.05, 0) is 25.0 Å². The number of nitrogens with one attached hydrogen (secondary N) is 2. The molecule has 0 aliphatic carbocycles. The first-order valence-electron chi connectivity index (χ1n) is 8.85. The highest BCUT2D eigenvalue weighted by Gasteiger charge is 2.37. The molecule has 0 unspecified atom stereocenters. The quantitative estimate of drug-likeness (QED) is 0.729. The summed E-state index contributed by atoms with van der Waals surface area (Å²) in [6.07, 6.45) is 0. The zero-order valence-electron chi connectivity index (χ0n) is 15.2. The van der Waals surface area contributed by atoms with Crippen LogP contribution in [0.15, 0.2) is 59.8 Å². The first-order chi connectivity index (χ1) is 13.1. The average molecular weight is 379 g/mol. The second-order valence-corrected chi connectivity index (χ2v) is 7.73. The maximum absolute atomic E-state index is 13.0. The fourth-order valence-corrected chi connectivity index (χ4v) is 4.22. The summed E-state index contributed by atoms with van der Waals surface area (Å²) in [5.41, 5.74) is 6.75. The Balaban J connectivity index is 1.56. The van der Waals surface area contributed by atoms with Crippen molar-refractivity contribution in [2.24, 2.45) is 0 Å². The molecule has 2 heterocycles. The Bertz CT molecular complexity index is 939. The molecule has 27 heavy (non-hydrogen) atoms. The predicted molar refractivity (Wildman–Crippen MR) is 106 cm³/mol. The van der Waals surface area contributed by atoms with E-state index in [1.807, 2.05) is 54.1 Å². The van der Waals surface area contributed by atoms with Crippen LogP contribution in [0.25, 0.3) is 0 Å². The standard InChI is InChI=1S/C20H21N5OS/c1-13-8-10-15(11-9-13)12-21-19(26)18-17(16-6-4-3-5-7-16)24-25-14(2)22-23-20(25)27-18/h3-11,17-18,24H,12H2,1-2H3,(H,21,26)/t17-,18+/m1/s1. The molecule has 138 valence electrons. The van der Waals surface area contributed by atoms with Crippen LogP contribution in [-0.4, -0.2) is 26.0 Å². The van der Waals surface area contributed by atoms with E-state index < -0.39 is 0 Å². The van der Waals surface area contributed by atoms with Crippen molar-refractivity contribution >= 4 is 17.7 Å². The van der Waals surface area contributed by atoms with Crippen LogP contribution in [0.2, 0.25) is 0 Å². The van der Waals surface area contributed by atoms with Crippen molar-refractivity contribution in [3.8, 4) is 0 Å². The molecule has 4 rings (SSSR count). The van der Waals surface area contributed by atoms with Gasteiger partial charge in [0.05, 0.1) is 6.04 Å². The second kappa shape index (κ2) is 7.44. The molecule has 0 saturated heterocycles. The summed E-state index contributed by atoms with van der Waals surface area (Å²) >= 11 is 1.44. The summed E-state index contributed by atoms with van der Waals surface area (Å²) in [7, 11) is 0. The number of carbonyl (C=O) groups is 1. The summed E-state index contributed by atoms with van der Waals surface area (Å²) in [5.74, 6) is 0.755. The van der Waals surface area contributed by atoms with Crippen molar-refractivity contribution in [3.63, 3.8) is 0 Å². The van der Waals surface area contributed by atoms with Crippen molar-refractivity contribution in [2.45, 2.75) is 36.8 Å². The molecule has 0 fully saturated rings. The van der Waals surface area contributed by atoms with Crippen LogP contribution in [0.5, 0.6) is 0 Å². The van der Waals surface area contributed by atoms with E-state index in [1.165, 1.54) is 17.3 Å². The zero-order valence-corrected chi connectivity index (χ0v) is 16.0. The lowest BCUT2D eigenvalue weighted by Gasteiger charge is -2.32. The summed E-state index contributed by atoms with van der Waals surface area (Å²) in [4.78, 5) is 13.0.